The van der Waals surface area contributed by atoms with E-state index in [1.165, 1.54) is 6.07 Å². The third-order valence-corrected chi connectivity index (χ3v) is 5.77. The van der Waals surface area contributed by atoms with Crippen molar-refractivity contribution in [3.05, 3.63) is 47.0 Å². The first-order chi connectivity index (χ1) is 13.7. The molecular formula is C20H24ClFN4O2. The quantitative estimate of drug-likeness (QED) is 0.841. The SMILES string of the molecule is OCC1CCCCN1c1cc(N2CCOC(c3ccc(F)c(Cl)c3)C2)ncn1. The van der Waals surface area contributed by atoms with Gasteiger partial charge in [-0.05, 0) is 37.0 Å². The summed E-state index contributed by atoms with van der Waals surface area (Å²) in [7, 11) is 0. The van der Waals surface area contributed by atoms with Crippen LogP contribution in [0, 0.1) is 5.82 Å². The summed E-state index contributed by atoms with van der Waals surface area (Å²) in [5.74, 6) is 1.24. The Morgan fingerprint density at radius 1 is 1.18 bits per heavy atom. The minimum Gasteiger partial charge on any atom is -0.394 e. The number of hydrogen-bond donors (Lipinski definition) is 1. The number of benzene rings is 1. The first-order valence-electron chi connectivity index (χ1n) is 9.67. The van der Waals surface area contributed by atoms with Gasteiger partial charge in [0.1, 0.15) is 29.9 Å². The third-order valence-electron chi connectivity index (χ3n) is 5.48. The van der Waals surface area contributed by atoms with Crippen molar-refractivity contribution in [3.63, 3.8) is 0 Å². The van der Waals surface area contributed by atoms with Crippen molar-refractivity contribution >= 4 is 23.2 Å². The van der Waals surface area contributed by atoms with E-state index in [2.05, 4.69) is 19.8 Å². The average Bonchev–Trinajstić information content (AvgIpc) is 2.76. The number of anilines is 2. The molecule has 1 aromatic heterocycles. The number of aromatic nitrogens is 2. The number of morpholine rings is 1. The van der Waals surface area contributed by atoms with Gasteiger partial charge in [0.2, 0.25) is 0 Å². The number of rotatable bonds is 4. The number of nitrogens with zero attached hydrogens (tertiary/aromatic N) is 4. The molecule has 4 rings (SSSR count). The van der Waals surface area contributed by atoms with Crippen molar-refractivity contribution in [3.8, 4) is 0 Å². The highest BCUT2D eigenvalue weighted by molar-refractivity contribution is 6.30. The first-order valence-corrected chi connectivity index (χ1v) is 10.0. The van der Waals surface area contributed by atoms with Crippen molar-refractivity contribution in [2.24, 2.45) is 0 Å². The molecule has 1 aromatic carbocycles. The van der Waals surface area contributed by atoms with Crippen LogP contribution < -0.4 is 9.80 Å². The van der Waals surface area contributed by atoms with E-state index in [0.717, 1.165) is 43.0 Å². The molecule has 28 heavy (non-hydrogen) atoms. The standard InChI is InChI=1S/C20H24ClFN4O2/c21-16-9-14(4-5-17(16)22)18-11-25(7-8-28-18)19-10-20(24-13-23-19)26-6-2-1-3-15(26)12-27/h4-5,9-10,13,15,18,27H,1-3,6-8,11-12H2. The lowest BCUT2D eigenvalue weighted by Gasteiger charge is -2.37. The average molecular weight is 407 g/mol. The molecule has 3 heterocycles. The second-order valence-electron chi connectivity index (χ2n) is 7.24. The van der Waals surface area contributed by atoms with E-state index < -0.39 is 5.82 Å². The molecule has 2 atom stereocenters. The maximum Gasteiger partial charge on any atom is 0.141 e. The van der Waals surface area contributed by atoms with Crippen LogP contribution in [0.25, 0.3) is 0 Å². The summed E-state index contributed by atoms with van der Waals surface area (Å²) >= 11 is 5.93. The molecular weight excluding hydrogens is 383 g/mol. The fraction of sp³-hybridized carbons (Fsp3) is 0.500. The zero-order valence-corrected chi connectivity index (χ0v) is 16.4. The number of aliphatic hydroxyl groups excluding tert-OH is 1. The second-order valence-corrected chi connectivity index (χ2v) is 7.65. The van der Waals surface area contributed by atoms with Crippen LogP contribution in [0.2, 0.25) is 5.02 Å². The van der Waals surface area contributed by atoms with Crippen molar-refractivity contribution in [1.29, 1.82) is 0 Å². The van der Waals surface area contributed by atoms with Gasteiger partial charge >= 0.3 is 0 Å². The molecule has 0 radical (unpaired) electrons. The molecule has 2 unspecified atom stereocenters. The molecule has 0 saturated carbocycles. The van der Waals surface area contributed by atoms with Gasteiger partial charge in [0.25, 0.3) is 0 Å². The van der Waals surface area contributed by atoms with Crippen LogP contribution in [0.4, 0.5) is 16.0 Å². The van der Waals surface area contributed by atoms with Crippen LogP contribution in [-0.4, -0.2) is 54.0 Å². The molecule has 6 nitrogen and oxygen atoms in total. The molecule has 2 saturated heterocycles. The normalized spacial score (nSPS) is 23.1. The summed E-state index contributed by atoms with van der Waals surface area (Å²) in [6.45, 7) is 2.88. The maximum atomic E-state index is 13.5. The molecule has 8 heteroatoms. The summed E-state index contributed by atoms with van der Waals surface area (Å²) in [5.41, 5.74) is 0.849. The molecule has 2 aromatic rings. The van der Waals surface area contributed by atoms with Crippen LogP contribution in [0.3, 0.4) is 0 Å². The van der Waals surface area contributed by atoms with Crippen molar-refractivity contribution < 1.29 is 14.2 Å². The van der Waals surface area contributed by atoms with Crippen LogP contribution in [0.5, 0.6) is 0 Å². The number of hydrogen-bond acceptors (Lipinski definition) is 6. The van der Waals surface area contributed by atoms with Gasteiger partial charge in [0, 0.05) is 25.7 Å². The zero-order valence-electron chi connectivity index (χ0n) is 15.6. The third kappa shape index (κ3) is 4.06. The Morgan fingerprint density at radius 2 is 2.04 bits per heavy atom. The Bertz CT molecular complexity index is 825. The van der Waals surface area contributed by atoms with Crippen molar-refractivity contribution in [2.75, 3.05) is 42.6 Å². The zero-order chi connectivity index (χ0) is 19.5. The maximum absolute atomic E-state index is 13.5. The summed E-state index contributed by atoms with van der Waals surface area (Å²) in [6.07, 6.45) is 4.57. The number of ether oxygens (including phenoxy) is 1. The van der Waals surface area contributed by atoms with E-state index in [1.54, 1.807) is 18.5 Å². The molecule has 1 N–H and O–H groups in total. The molecule has 2 aliphatic rings. The highest BCUT2D eigenvalue weighted by Crippen LogP contribution is 2.30. The largest absolute Gasteiger partial charge is 0.394 e. The van der Waals surface area contributed by atoms with Gasteiger partial charge < -0.3 is 19.6 Å². The van der Waals surface area contributed by atoms with Gasteiger partial charge in [0.05, 0.1) is 24.3 Å². The molecule has 0 aliphatic carbocycles. The topological polar surface area (TPSA) is 61.7 Å². The van der Waals surface area contributed by atoms with E-state index >= 15 is 0 Å². The van der Waals surface area contributed by atoms with Crippen LogP contribution in [0.1, 0.15) is 30.9 Å². The Morgan fingerprint density at radius 3 is 2.86 bits per heavy atom. The lowest BCUT2D eigenvalue weighted by molar-refractivity contribution is 0.0395. The molecule has 0 spiro atoms. The van der Waals surface area contributed by atoms with Gasteiger partial charge in [-0.2, -0.15) is 0 Å². The Balaban J connectivity index is 1.53. The first kappa shape index (κ1) is 19.4. The van der Waals surface area contributed by atoms with Gasteiger partial charge in [-0.3, -0.25) is 0 Å². The number of halogens is 2. The van der Waals surface area contributed by atoms with Crippen molar-refractivity contribution in [2.45, 2.75) is 31.4 Å². The van der Waals surface area contributed by atoms with E-state index in [0.29, 0.717) is 19.7 Å². The van der Waals surface area contributed by atoms with E-state index in [4.69, 9.17) is 16.3 Å². The molecule has 150 valence electrons. The van der Waals surface area contributed by atoms with Crippen molar-refractivity contribution in [1.82, 2.24) is 9.97 Å². The summed E-state index contributed by atoms with van der Waals surface area (Å²) < 4.78 is 19.3. The summed E-state index contributed by atoms with van der Waals surface area (Å²) in [6, 6.07) is 6.79. The molecule has 0 amide bonds. The smallest absolute Gasteiger partial charge is 0.141 e. The van der Waals surface area contributed by atoms with Gasteiger partial charge in [-0.25, -0.2) is 14.4 Å². The van der Waals surface area contributed by atoms with Gasteiger partial charge in [0.15, 0.2) is 0 Å². The second kappa shape index (κ2) is 8.59. The monoisotopic (exact) mass is 406 g/mol. The minimum atomic E-state index is -0.432. The highest BCUT2D eigenvalue weighted by atomic mass is 35.5. The lowest BCUT2D eigenvalue weighted by atomic mass is 10.0. The van der Waals surface area contributed by atoms with E-state index in [9.17, 15) is 9.50 Å². The van der Waals surface area contributed by atoms with E-state index in [-0.39, 0.29) is 23.8 Å². The Kier molecular flexibility index (Phi) is 5.94. The molecule has 2 aliphatic heterocycles. The lowest BCUT2D eigenvalue weighted by Crippen LogP contribution is -2.43. The van der Waals surface area contributed by atoms with Crippen LogP contribution >= 0.6 is 11.6 Å². The minimum absolute atomic E-state index is 0.0997. The Labute approximate surface area is 168 Å². The molecule has 0 bridgehead atoms. The fourth-order valence-corrected chi connectivity index (χ4v) is 4.12. The molecule has 2 fully saturated rings. The fourth-order valence-electron chi connectivity index (χ4n) is 3.93. The predicted molar refractivity (Wildman–Crippen MR) is 106 cm³/mol. The predicted octanol–water partition coefficient (Wildman–Crippen LogP) is 3.20. The van der Waals surface area contributed by atoms with Crippen LogP contribution in [-0.2, 0) is 4.74 Å². The van der Waals surface area contributed by atoms with Gasteiger partial charge in [-0.15, -0.1) is 0 Å². The summed E-state index contributed by atoms with van der Waals surface area (Å²) in [4.78, 5) is 13.2. The number of piperidine rings is 1. The Hall–Kier alpha value is -1.96. The number of aliphatic hydroxyl groups is 1. The van der Waals surface area contributed by atoms with Gasteiger partial charge in [-0.1, -0.05) is 17.7 Å². The van der Waals surface area contributed by atoms with Crippen LogP contribution in [0.15, 0.2) is 30.6 Å². The van der Waals surface area contributed by atoms with E-state index in [1.807, 2.05) is 6.07 Å². The summed E-state index contributed by atoms with van der Waals surface area (Å²) in [5, 5.41) is 9.79. The highest BCUT2D eigenvalue weighted by Gasteiger charge is 2.26.